The lowest BCUT2D eigenvalue weighted by Crippen LogP contribution is -2.11. The molecule has 0 amide bonds. The van der Waals surface area contributed by atoms with Gasteiger partial charge >= 0.3 is 11.6 Å². The summed E-state index contributed by atoms with van der Waals surface area (Å²) in [5.74, 6) is -1.74. The van der Waals surface area contributed by atoms with Crippen molar-refractivity contribution >= 4 is 16.9 Å². The number of rotatable bonds is 3. The predicted molar refractivity (Wildman–Crippen MR) is 55.6 cm³/mol. The smallest absolute Gasteiger partial charge is 0.341 e. The van der Waals surface area contributed by atoms with Gasteiger partial charge in [0.15, 0.2) is 6.61 Å². The molecule has 5 nitrogen and oxygen atoms in total. The Morgan fingerprint density at radius 1 is 1.41 bits per heavy atom. The summed E-state index contributed by atoms with van der Waals surface area (Å²) in [6.07, 6.45) is 0. The Morgan fingerprint density at radius 2 is 2.18 bits per heavy atom. The van der Waals surface area contributed by atoms with E-state index < -0.39 is 24.0 Å². The van der Waals surface area contributed by atoms with Crippen LogP contribution < -0.4 is 10.4 Å². The van der Waals surface area contributed by atoms with Gasteiger partial charge in [-0.3, -0.25) is 0 Å². The van der Waals surface area contributed by atoms with Crippen LogP contribution in [0.4, 0.5) is 4.39 Å². The maximum absolute atomic E-state index is 13.0. The van der Waals surface area contributed by atoms with Gasteiger partial charge in [0.1, 0.15) is 17.1 Å². The summed E-state index contributed by atoms with van der Waals surface area (Å²) in [4.78, 5) is 21.5. The van der Waals surface area contributed by atoms with E-state index in [-0.39, 0.29) is 16.7 Å². The minimum absolute atomic E-state index is 0.0156. The van der Waals surface area contributed by atoms with Gasteiger partial charge in [0.2, 0.25) is 0 Å². The molecule has 0 unspecified atom stereocenters. The summed E-state index contributed by atoms with van der Waals surface area (Å²) < 4.78 is 22.7. The Morgan fingerprint density at radius 3 is 2.88 bits per heavy atom. The first-order chi connectivity index (χ1) is 8.06. The van der Waals surface area contributed by atoms with Crippen LogP contribution >= 0.6 is 0 Å². The summed E-state index contributed by atoms with van der Waals surface area (Å²) >= 11 is 0. The number of halogens is 1. The first-order valence-electron chi connectivity index (χ1n) is 4.64. The number of ether oxygens (including phenoxy) is 1. The molecule has 0 radical (unpaired) electrons. The lowest BCUT2D eigenvalue weighted by atomic mass is 10.2. The minimum atomic E-state index is -1.19. The van der Waals surface area contributed by atoms with Crippen LogP contribution in [0.3, 0.4) is 0 Å². The molecule has 0 saturated carbocycles. The normalized spacial score (nSPS) is 10.4. The van der Waals surface area contributed by atoms with Gasteiger partial charge in [-0.1, -0.05) is 0 Å². The molecular weight excluding hydrogens is 231 g/mol. The fraction of sp³-hybridized carbons (Fsp3) is 0.0909. The second kappa shape index (κ2) is 4.25. The highest BCUT2D eigenvalue weighted by atomic mass is 19.1. The van der Waals surface area contributed by atoms with E-state index in [2.05, 4.69) is 0 Å². The quantitative estimate of drug-likeness (QED) is 0.818. The fourth-order valence-electron chi connectivity index (χ4n) is 1.37. The van der Waals surface area contributed by atoms with Gasteiger partial charge in [-0.15, -0.1) is 0 Å². The molecule has 0 saturated heterocycles. The molecule has 2 rings (SSSR count). The molecule has 88 valence electrons. The molecule has 6 heteroatoms. The van der Waals surface area contributed by atoms with Crippen molar-refractivity contribution in [1.82, 2.24) is 0 Å². The highest BCUT2D eigenvalue weighted by Gasteiger charge is 2.09. The van der Waals surface area contributed by atoms with Crippen molar-refractivity contribution in [3.8, 4) is 5.75 Å². The Bertz CT molecular complexity index is 631. The standard InChI is InChI=1S/C11H7FO5/c12-6-1-2-8-7(3-6)9(4-11(15)17-8)16-5-10(13)14/h1-4H,5H2,(H,13,14). The SMILES string of the molecule is O=C(O)COc1cc(=O)oc2ccc(F)cc12. The third-order valence-electron chi connectivity index (χ3n) is 2.02. The van der Waals surface area contributed by atoms with Crippen LogP contribution in [0.5, 0.6) is 5.75 Å². The van der Waals surface area contributed by atoms with Gasteiger partial charge in [-0.2, -0.15) is 0 Å². The monoisotopic (exact) mass is 238 g/mol. The van der Waals surface area contributed by atoms with Crippen molar-refractivity contribution in [2.24, 2.45) is 0 Å². The molecule has 2 aromatic rings. The van der Waals surface area contributed by atoms with E-state index in [0.29, 0.717) is 0 Å². The van der Waals surface area contributed by atoms with Crippen molar-refractivity contribution in [2.45, 2.75) is 0 Å². The number of hydrogen-bond donors (Lipinski definition) is 1. The van der Waals surface area contributed by atoms with Crippen molar-refractivity contribution in [2.75, 3.05) is 6.61 Å². The molecular formula is C11H7FO5. The molecule has 0 spiro atoms. The van der Waals surface area contributed by atoms with E-state index in [0.717, 1.165) is 18.2 Å². The van der Waals surface area contributed by atoms with Crippen LogP contribution in [-0.4, -0.2) is 17.7 Å². The van der Waals surface area contributed by atoms with Gasteiger partial charge in [-0.05, 0) is 18.2 Å². The number of benzene rings is 1. The first kappa shape index (κ1) is 11.1. The largest absolute Gasteiger partial charge is 0.481 e. The second-order valence-electron chi connectivity index (χ2n) is 3.25. The Balaban J connectivity index is 2.55. The maximum Gasteiger partial charge on any atom is 0.341 e. The van der Waals surface area contributed by atoms with E-state index in [1.165, 1.54) is 6.07 Å². The molecule has 0 atom stereocenters. The molecule has 1 aromatic carbocycles. The van der Waals surface area contributed by atoms with Crippen LogP contribution in [0.1, 0.15) is 0 Å². The zero-order valence-electron chi connectivity index (χ0n) is 8.47. The number of carboxylic acids is 1. The average molecular weight is 238 g/mol. The van der Waals surface area contributed by atoms with Crippen LogP contribution in [0.25, 0.3) is 11.0 Å². The van der Waals surface area contributed by atoms with E-state index in [1.807, 2.05) is 0 Å². The van der Waals surface area contributed by atoms with Gasteiger partial charge < -0.3 is 14.3 Å². The third kappa shape index (κ3) is 2.41. The minimum Gasteiger partial charge on any atom is -0.481 e. The topological polar surface area (TPSA) is 76.7 Å². The lowest BCUT2D eigenvalue weighted by Gasteiger charge is -2.05. The van der Waals surface area contributed by atoms with Crippen LogP contribution in [-0.2, 0) is 4.79 Å². The van der Waals surface area contributed by atoms with Crippen LogP contribution in [0.15, 0.2) is 33.5 Å². The number of carboxylic acid groups (broad SMARTS) is 1. The molecule has 0 aliphatic carbocycles. The molecule has 0 aliphatic heterocycles. The van der Waals surface area contributed by atoms with Crippen molar-refractivity contribution in [1.29, 1.82) is 0 Å². The van der Waals surface area contributed by atoms with Crippen molar-refractivity contribution < 1.29 is 23.4 Å². The van der Waals surface area contributed by atoms with Gasteiger partial charge in [0.25, 0.3) is 0 Å². The van der Waals surface area contributed by atoms with Gasteiger partial charge in [0.05, 0.1) is 11.5 Å². The number of hydrogen-bond acceptors (Lipinski definition) is 4. The average Bonchev–Trinajstić information content (AvgIpc) is 2.26. The Hall–Kier alpha value is -2.37. The summed E-state index contributed by atoms with van der Waals surface area (Å²) in [6, 6.07) is 4.49. The zero-order chi connectivity index (χ0) is 12.4. The molecule has 1 heterocycles. The molecule has 1 N–H and O–H groups in total. The van der Waals surface area contributed by atoms with Crippen LogP contribution in [0.2, 0.25) is 0 Å². The van der Waals surface area contributed by atoms with Gasteiger partial charge in [0, 0.05) is 0 Å². The molecule has 17 heavy (non-hydrogen) atoms. The molecule has 0 fully saturated rings. The van der Waals surface area contributed by atoms with Crippen LogP contribution in [0, 0.1) is 5.82 Å². The highest BCUT2D eigenvalue weighted by Crippen LogP contribution is 2.24. The van der Waals surface area contributed by atoms with E-state index in [9.17, 15) is 14.0 Å². The summed E-state index contributed by atoms with van der Waals surface area (Å²) in [5.41, 5.74) is -0.552. The summed E-state index contributed by atoms with van der Waals surface area (Å²) in [7, 11) is 0. The van der Waals surface area contributed by atoms with E-state index in [1.54, 1.807) is 0 Å². The number of aliphatic carboxylic acids is 1. The molecule has 0 aliphatic rings. The maximum atomic E-state index is 13.0. The number of carbonyl (C=O) groups is 1. The summed E-state index contributed by atoms with van der Waals surface area (Å²) in [6.45, 7) is -0.616. The fourth-order valence-corrected chi connectivity index (χ4v) is 1.37. The third-order valence-corrected chi connectivity index (χ3v) is 2.02. The van der Waals surface area contributed by atoms with Gasteiger partial charge in [-0.25, -0.2) is 14.0 Å². The van der Waals surface area contributed by atoms with Crippen molar-refractivity contribution in [3.63, 3.8) is 0 Å². The predicted octanol–water partition coefficient (Wildman–Crippen LogP) is 1.40. The first-order valence-corrected chi connectivity index (χ1v) is 4.64. The van der Waals surface area contributed by atoms with E-state index in [4.69, 9.17) is 14.3 Å². The Labute approximate surface area is 94.0 Å². The highest BCUT2D eigenvalue weighted by molar-refractivity contribution is 5.83. The molecule has 0 bridgehead atoms. The zero-order valence-corrected chi connectivity index (χ0v) is 8.47. The molecule has 1 aromatic heterocycles. The Kier molecular flexibility index (Phi) is 2.78. The van der Waals surface area contributed by atoms with E-state index >= 15 is 0 Å². The van der Waals surface area contributed by atoms with Crippen molar-refractivity contribution in [3.05, 3.63) is 40.5 Å². The summed E-state index contributed by atoms with van der Waals surface area (Å²) in [5, 5.41) is 8.68. The number of fused-ring (bicyclic) bond motifs is 1. The lowest BCUT2D eigenvalue weighted by molar-refractivity contribution is -0.139. The second-order valence-corrected chi connectivity index (χ2v) is 3.25.